The Morgan fingerprint density at radius 3 is 2.53 bits per heavy atom. The van der Waals surface area contributed by atoms with Crippen LogP contribution in [0.15, 0.2) is 30.3 Å². The molecule has 1 aliphatic heterocycles. The van der Waals surface area contributed by atoms with E-state index in [1.807, 2.05) is 6.07 Å². The number of halogens is 3. The molecule has 104 valence electrons. The summed E-state index contributed by atoms with van der Waals surface area (Å²) in [4.78, 5) is 11.5. The van der Waals surface area contributed by atoms with Crippen LogP contribution in [0.1, 0.15) is 18.5 Å². The van der Waals surface area contributed by atoms with Gasteiger partial charge in [-0.1, -0.05) is 37.3 Å². The molecule has 1 aromatic carbocycles. The first-order chi connectivity index (χ1) is 8.89. The highest BCUT2D eigenvalue weighted by Gasteiger charge is 2.47. The lowest BCUT2D eigenvalue weighted by Crippen LogP contribution is -2.53. The first-order valence-electron chi connectivity index (χ1n) is 5.94. The maximum absolute atomic E-state index is 12.7. The molecule has 0 aromatic heterocycles. The molecule has 0 radical (unpaired) electrons. The molecule has 1 heterocycles. The number of rotatable bonds is 2. The van der Waals surface area contributed by atoms with Crippen LogP contribution in [0.5, 0.6) is 0 Å². The molecule has 0 amide bonds. The van der Waals surface area contributed by atoms with Crippen molar-refractivity contribution in [2.75, 3.05) is 6.61 Å². The van der Waals surface area contributed by atoms with Gasteiger partial charge in [0, 0.05) is 0 Å². The smallest absolute Gasteiger partial charge is 0.393 e. The molecule has 0 aliphatic carbocycles. The molecule has 2 rings (SSSR count). The molecule has 3 atom stereocenters. The third-order valence-corrected chi connectivity index (χ3v) is 3.25. The van der Waals surface area contributed by atoms with Gasteiger partial charge in [-0.05, 0) is 5.56 Å². The molecule has 1 N–H and O–H groups in total. The third kappa shape index (κ3) is 3.07. The van der Waals surface area contributed by atoms with Crippen LogP contribution in [0.2, 0.25) is 0 Å². The van der Waals surface area contributed by atoms with Crippen molar-refractivity contribution in [3.8, 4) is 0 Å². The molecule has 1 aliphatic rings. The van der Waals surface area contributed by atoms with Crippen LogP contribution < -0.4 is 5.32 Å². The zero-order valence-electron chi connectivity index (χ0n) is 10.3. The van der Waals surface area contributed by atoms with Gasteiger partial charge in [0.25, 0.3) is 0 Å². The van der Waals surface area contributed by atoms with Crippen molar-refractivity contribution >= 4 is 5.97 Å². The highest BCUT2D eigenvalue weighted by molar-refractivity contribution is 5.77. The van der Waals surface area contributed by atoms with Gasteiger partial charge in [0.05, 0.1) is 12.0 Å². The Kier molecular flexibility index (Phi) is 3.80. The molecule has 0 unspecified atom stereocenters. The second kappa shape index (κ2) is 5.21. The van der Waals surface area contributed by atoms with Crippen LogP contribution in [0.3, 0.4) is 0 Å². The van der Waals surface area contributed by atoms with E-state index in [1.165, 1.54) is 0 Å². The summed E-state index contributed by atoms with van der Waals surface area (Å²) in [6.07, 6.45) is -4.44. The number of hydrogen-bond donors (Lipinski definition) is 1. The first kappa shape index (κ1) is 13.9. The van der Waals surface area contributed by atoms with Crippen molar-refractivity contribution in [3.63, 3.8) is 0 Å². The van der Waals surface area contributed by atoms with E-state index in [-0.39, 0.29) is 6.61 Å². The predicted octanol–water partition coefficient (Wildman–Crippen LogP) is 2.44. The van der Waals surface area contributed by atoms with Gasteiger partial charge in [-0.15, -0.1) is 0 Å². The largest absolute Gasteiger partial charge is 0.462 e. The van der Waals surface area contributed by atoms with Crippen molar-refractivity contribution in [1.29, 1.82) is 0 Å². The minimum absolute atomic E-state index is 0.0456. The molecule has 1 aromatic rings. The Hall–Kier alpha value is -1.56. The summed E-state index contributed by atoms with van der Waals surface area (Å²) >= 11 is 0. The number of carbonyl (C=O) groups is 1. The number of benzene rings is 1. The van der Waals surface area contributed by atoms with Crippen LogP contribution in [0.25, 0.3) is 0 Å². The van der Waals surface area contributed by atoms with Gasteiger partial charge in [0.2, 0.25) is 0 Å². The lowest BCUT2D eigenvalue weighted by atomic mass is 9.97. The minimum atomic E-state index is -4.44. The molecule has 1 saturated heterocycles. The summed E-state index contributed by atoms with van der Waals surface area (Å²) in [6.45, 7) is 1.02. The second-order valence-electron chi connectivity index (χ2n) is 4.57. The average molecular weight is 273 g/mol. The normalized spacial score (nSPS) is 25.8. The molecule has 0 bridgehead atoms. The maximum Gasteiger partial charge on any atom is 0.393 e. The minimum Gasteiger partial charge on any atom is -0.462 e. The summed E-state index contributed by atoms with van der Waals surface area (Å²) in [5, 5.41) is 2.73. The van der Waals surface area contributed by atoms with Gasteiger partial charge in [-0.2, -0.15) is 13.2 Å². The Labute approximate surface area is 108 Å². The summed E-state index contributed by atoms with van der Waals surface area (Å²) in [5.41, 5.74) is 0.800. The van der Waals surface area contributed by atoms with Crippen LogP contribution in [0.4, 0.5) is 13.2 Å². The molecule has 0 saturated carbocycles. The monoisotopic (exact) mass is 273 g/mol. The number of carbonyl (C=O) groups excluding carboxylic acids is 1. The van der Waals surface area contributed by atoms with E-state index in [4.69, 9.17) is 4.74 Å². The molecule has 0 spiro atoms. The summed E-state index contributed by atoms with van der Waals surface area (Å²) in [6, 6.07) is 7.19. The van der Waals surface area contributed by atoms with Gasteiger partial charge >= 0.3 is 12.1 Å². The van der Waals surface area contributed by atoms with E-state index in [0.29, 0.717) is 0 Å². The maximum atomic E-state index is 12.7. The SMILES string of the molecule is C[C@@H]([C@@H]1N[C@H](c2ccccc2)COC1=O)C(F)(F)F. The van der Waals surface area contributed by atoms with Gasteiger partial charge in [-0.3, -0.25) is 10.1 Å². The number of cyclic esters (lactones) is 1. The van der Waals surface area contributed by atoms with Gasteiger partial charge in [0.1, 0.15) is 12.6 Å². The van der Waals surface area contributed by atoms with Gasteiger partial charge < -0.3 is 4.74 Å². The molecule has 6 heteroatoms. The fourth-order valence-electron chi connectivity index (χ4n) is 2.00. The lowest BCUT2D eigenvalue weighted by molar-refractivity contribution is -0.192. The highest BCUT2D eigenvalue weighted by Crippen LogP contribution is 2.31. The standard InChI is InChI=1S/C13H14F3NO2/c1-8(13(14,15)16)11-12(18)19-7-10(17-11)9-5-3-2-4-6-9/h2-6,8,10-11,17H,7H2,1H3/t8-,10-,11-/m0/s1. The molecule has 3 nitrogen and oxygen atoms in total. The predicted molar refractivity (Wildman–Crippen MR) is 62.3 cm³/mol. The Morgan fingerprint density at radius 2 is 1.95 bits per heavy atom. The van der Waals surface area contributed by atoms with E-state index in [2.05, 4.69) is 5.32 Å². The van der Waals surface area contributed by atoms with Crippen LogP contribution in [0, 0.1) is 5.92 Å². The fraction of sp³-hybridized carbons (Fsp3) is 0.462. The number of alkyl halides is 3. The van der Waals surface area contributed by atoms with E-state index >= 15 is 0 Å². The summed E-state index contributed by atoms with van der Waals surface area (Å²) < 4.78 is 42.9. The quantitative estimate of drug-likeness (QED) is 0.841. The second-order valence-corrected chi connectivity index (χ2v) is 4.57. The third-order valence-electron chi connectivity index (χ3n) is 3.25. The van der Waals surface area contributed by atoms with Crippen LogP contribution in [-0.4, -0.2) is 24.8 Å². The first-order valence-corrected chi connectivity index (χ1v) is 5.94. The number of esters is 1. The van der Waals surface area contributed by atoms with Crippen molar-refractivity contribution in [2.24, 2.45) is 5.92 Å². The number of hydrogen-bond acceptors (Lipinski definition) is 3. The van der Waals surface area contributed by atoms with E-state index < -0.39 is 30.1 Å². The average Bonchev–Trinajstić information content (AvgIpc) is 2.38. The van der Waals surface area contributed by atoms with Crippen molar-refractivity contribution in [3.05, 3.63) is 35.9 Å². The lowest BCUT2D eigenvalue weighted by Gasteiger charge is -2.34. The van der Waals surface area contributed by atoms with Crippen molar-refractivity contribution < 1.29 is 22.7 Å². The van der Waals surface area contributed by atoms with Crippen LogP contribution in [-0.2, 0) is 9.53 Å². The van der Waals surface area contributed by atoms with E-state index in [0.717, 1.165) is 12.5 Å². The molecule has 19 heavy (non-hydrogen) atoms. The Bertz CT molecular complexity index is 447. The fourth-order valence-corrected chi connectivity index (χ4v) is 2.00. The van der Waals surface area contributed by atoms with Crippen molar-refractivity contribution in [2.45, 2.75) is 25.2 Å². The molecule has 1 fully saturated rings. The zero-order chi connectivity index (χ0) is 14.0. The summed E-state index contributed by atoms with van der Waals surface area (Å²) in [7, 11) is 0. The van der Waals surface area contributed by atoms with Crippen molar-refractivity contribution in [1.82, 2.24) is 5.32 Å². The molecular weight excluding hydrogens is 259 g/mol. The topological polar surface area (TPSA) is 38.3 Å². The Morgan fingerprint density at radius 1 is 1.32 bits per heavy atom. The number of ether oxygens (including phenoxy) is 1. The van der Waals surface area contributed by atoms with E-state index in [9.17, 15) is 18.0 Å². The summed E-state index contributed by atoms with van der Waals surface area (Å²) in [5.74, 6) is -2.64. The van der Waals surface area contributed by atoms with Gasteiger partial charge in [0.15, 0.2) is 0 Å². The zero-order valence-corrected chi connectivity index (χ0v) is 10.3. The van der Waals surface area contributed by atoms with Gasteiger partial charge in [-0.25, -0.2) is 0 Å². The Balaban J connectivity index is 2.15. The number of nitrogens with one attached hydrogen (secondary N) is 1. The van der Waals surface area contributed by atoms with Crippen LogP contribution >= 0.6 is 0 Å². The molecular formula is C13H14F3NO2. The number of morpholine rings is 1. The van der Waals surface area contributed by atoms with E-state index in [1.54, 1.807) is 24.3 Å². The highest BCUT2D eigenvalue weighted by atomic mass is 19.4.